The Bertz CT molecular complexity index is 91.1. The van der Waals surface area contributed by atoms with E-state index in [4.69, 9.17) is 4.74 Å². The van der Waals surface area contributed by atoms with E-state index in [0.29, 0.717) is 0 Å². The number of hydrogen-bond acceptors (Lipinski definition) is 3. The van der Waals surface area contributed by atoms with E-state index in [1.807, 2.05) is 20.8 Å². The van der Waals surface area contributed by atoms with Gasteiger partial charge in [0.1, 0.15) is 0 Å². The van der Waals surface area contributed by atoms with Crippen molar-refractivity contribution in [2.45, 2.75) is 33.0 Å². The van der Waals surface area contributed by atoms with Crippen molar-refractivity contribution in [3.63, 3.8) is 0 Å². The maximum absolute atomic E-state index is 4.84. The zero-order chi connectivity index (χ0) is 7.28. The van der Waals surface area contributed by atoms with Gasteiger partial charge in [0.25, 0.3) is 0 Å². The Morgan fingerprint density at radius 2 is 1.67 bits per heavy atom. The van der Waals surface area contributed by atoms with Crippen molar-refractivity contribution in [1.29, 1.82) is 0 Å². The molecule has 0 N–H and O–H groups in total. The first kappa shape index (κ1) is 8.56. The normalized spacial score (nSPS) is 15.2. The van der Waals surface area contributed by atoms with Gasteiger partial charge in [-0.15, -0.1) is 0 Å². The Morgan fingerprint density at radius 3 is 2.00 bits per heavy atom. The number of azo groups is 1. The van der Waals surface area contributed by atoms with E-state index in [1.165, 1.54) is 0 Å². The van der Waals surface area contributed by atoms with Gasteiger partial charge in [-0.2, -0.15) is 10.2 Å². The highest BCUT2D eigenvalue weighted by Crippen LogP contribution is 1.93. The first-order valence-corrected chi connectivity index (χ1v) is 3.09. The fraction of sp³-hybridized carbons (Fsp3) is 1.00. The van der Waals surface area contributed by atoms with Crippen LogP contribution in [0.2, 0.25) is 0 Å². The van der Waals surface area contributed by atoms with E-state index in [1.54, 1.807) is 7.11 Å². The highest BCUT2D eigenvalue weighted by Gasteiger charge is 1.92. The molecule has 0 radical (unpaired) electrons. The van der Waals surface area contributed by atoms with E-state index < -0.39 is 0 Å². The maximum Gasteiger partial charge on any atom is 0.165 e. The van der Waals surface area contributed by atoms with Gasteiger partial charge in [0.2, 0.25) is 0 Å². The van der Waals surface area contributed by atoms with E-state index >= 15 is 0 Å². The predicted molar refractivity (Wildman–Crippen MR) is 36.5 cm³/mol. The second kappa shape index (κ2) is 4.44. The molecule has 0 saturated heterocycles. The highest BCUT2D eigenvalue weighted by molar-refractivity contribution is 4.46. The number of nitrogens with zero attached hydrogens (tertiary/aromatic N) is 2. The van der Waals surface area contributed by atoms with Crippen LogP contribution in [0.3, 0.4) is 0 Å². The molecule has 54 valence electrons. The molecule has 0 aromatic heterocycles. The topological polar surface area (TPSA) is 34.0 Å². The third-order valence-corrected chi connectivity index (χ3v) is 0.801. The SMILES string of the molecule is COC(C)N=NC(C)C. The molecule has 0 spiro atoms. The Balaban J connectivity index is 3.43. The van der Waals surface area contributed by atoms with E-state index in [9.17, 15) is 0 Å². The highest BCUT2D eigenvalue weighted by atomic mass is 16.5. The van der Waals surface area contributed by atoms with Crippen LogP contribution < -0.4 is 0 Å². The van der Waals surface area contributed by atoms with Crippen LogP contribution in [-0.2, 0) is 4.74 Å². The van der Waals surface area contributed by atoms with Crippen LogP contribution in [0, 0.1) is 0 Å². The lowest BCUT2D eigenvalue weighted by Crippen LogP contribution is -1.99. The van der Waals surface area contributed by atoms with E-state index in [-0.39, 0.29) is 12.3 Å². The molecule has 0 saturated carbocycles. The maximum atomic E-state index is 4.84. The van der Waals surface area contributed by atoms with Crippen molar-refractivity contribution in [1.82, 2.24) is 0 Å². The summed E-state index contributed by atoms with van der Waals surface area (Å²) in [7, 11) is 1.62. The third kappa shape index (κ3) is 5.43. The average Bonchev–Trinajstić information content (AvgIpc) is 1.83. The molecule has 3 nitrogen and oxygen atoms in total. The molecule has 1 atom stereocenters. The minimum atomic E-state index is -0.104. The molecule has 0 rings (SSSR count). The van der Waals surface area contributed by atoms with Crippen LogP contribution >= 0.6 is 0 Å². The minimum absolute atomic E-state index is 0.104. The largest absolute Gasteiger partial charge is 0.358 e. The van der Waals surface area contributed by atoms with Crippen molar-refractivity contribution in [3.8, 4) is 0 Å². The summed E-state index contributed by atoms with van der Waals surface area (Å²) < 4.78 is 4.84. The second-order valence-electron chi connectivity index (χ2n) is 2.16. The van der Waals surface area contributed by atoms with Gasteiger partial charge in [-0.3, -0.25) is 0 Å². The van der Waals surface area contributed by atoms with Gasteiger partial charge in [-0.1, -0.05) is 0 Å². The van der Waals surface area contributed by atoms with Gasteiger partial charge >= 0.3 is 0 Å². The summed E-state index contributed by atoms with van der Waals surface area (Å²) in [6.45, 7) is 5.81. The van der Waals surface area contributed by atoms with Gasteiger partial charge in [-0.25, -0.2) is 0 Å². The Kier molecular flexibility index (Phi) is 4.22. The smallest absolute Gasteiger partial charge is 0.165 e. The summed E-state index contributed by atoms with van der Waals surface area (Å²) in [4.78, 5) is 0. The fourth-order valence-corrected chi connectivity index (χ4v) is 0.274. The first-order valence-electron chi connectivity index (χ1n) is 3.09. The lowest BCUT2D eigenvalue weighted by molar-refractivity contribution is 0.118. The molecule has 3 heteroatoms. The second-order valence-corrected chi connectivity index (χ2v) is 2.16. The zero-order valence-electron chi connectivity index (χ0n) is 6.46. The molecule has 9 heavy (non-hydrogen) atoms. The van der Waals surface area contributed by atoms with Crippen LogP contribution in [0.5, 0.6) is 0 Å². The van der Waals surface area contributed by atoms with Crippen LogP contribution in [0.4, 0.5) is 0 Å². The predicted octanol–water partition coefficient (Wildman–Crippen LogP) is 1.84. The number of ether oxygens (including phenoxy) is 1. The number of methoxy groups -OCH3 is 1. The van der Waals surface area contributed by atoms with Crippen molar-refractivity contribution >= 4 is 0 Å². The van der Waals surface area contributed by atoms with E-state index in [2.05, 4.69) is 10.2 Å². The molecule has 0 aliphatic heterocycles. The minimum Gasteiger partial charge on any atom is -0.358 e. The van der Waals surface area contributed by atoms with Crippen LogP contribution in [0.15, 0.2) is 10.2 Å². The molecule has 0 aliphatic carbocycles. The van der Waals surface area contributed by atoms with Crippen molar-refractivity contribution in [2.75, 3.05) is 7.11 Å². The lowest BCUT2D eigenvalue weighted by Gasteiger charge is -2.00. The number of hydrogen-bond donors (Lipinski definition) is 0. The number of rotatable bonds is 3. The standard InChI is InChI=1S/C6H14N2O/c1-5(2)7-8-6(3)9-4/h5-6H,1-4H3. The Labute approximate surface area is 56.1 Å². The lowest BCUT2D eigenvalue weighted by atomic mass is 10.4. The summed E-state index contributed by atoms with van der Waals surface area (Å²) in [6, 6.07) is 0.266. The summed E-state index contributed by atoms with van der Waals surface area (Å²) in [5.41, 5.74) is 0. The van der Waals surface area contributed by atoms with Crippen LogP contribution in [0.25, 0.3) is 0 Å². The molecular weight excluding hydrogens is 116 g/mol. The van der Waals surface area contributed by atoms with Gasteiger partial charge in [0.15, 0.2) is 6.23 Å². The van der Waals surface area contributed by atoms with Crippen molar-refractivity contribution in [3.05, 3.63) is 0 Å². The van der Waals surface area contributed by atoms with Gasteiger partial charge in [0.05, 0.1) is 6.04 Å². The molecule has 0 fully saturated rings. The van der Waals surface area contributed by atoms with Crippen molar-refractivity contribution in [2.24, 2.45) is 10.2 Å². The van der Waals surface area contributed by atoms with Crippen LogP contribution in [0.1, 0.15) is 20.8 Å². The quantitative estimate of drug-likeness (QED) is 0.537. The fourth-order valence-electron chi connectivity index (χ4n) is 0.274. The summed E-state index contributed by atoms with van der Waals surface area (Å²) >= 11 is 0. The van der Waals surface area contributed by atoms with Crippen molar-refractivity contribution < 1.29 is 4.74 Å². The summed E-state index contributed by atoms with van der Waals surface area (Å²) in [5.74, 6) is 0. The van der Waals surface area contributed by atoms with E-state index in [0.717, 1.165) is 0 Å². The van der Waals surface area contributed by atoms with Gasteiger partial charge in [0, 0.05) is 7.11 Å². The average molecular weight is 130 g/mol. The van der Waals surface area contributed by atoms with Crippen LogP contribution in [-0.4, -0.2) is 19.4 Å². The molecule has 0 heterocycles. The summed E-state index contributed by atoms with van der Waals surface area (Å²) in [5, 5.41) is 7.74. The zero-order valence-corrected chi connectivity index (χ0v) is 6.46. The molecule has 0 aromatic rings. The monoisotopic (exact) mass is 130 g/mol. The van der Waals surface area contributed by atoms with Gasteiger partial charge < -0.3 is 4.74 Å². The van der Waals surface area contributed by atoms with Gasteiger partial charge in [-0.05, 0) is 20.8 Å². The third-order valence-electron chi connectivity index (χ3n) is 0.801. The molecule has 0 amide bonds. The molecule has 0 bridgehead atoms. The molecular formula is C6H14N2O. The summed E-state index contributed by atoms with van der Waals surface area (Å²) in [6.07, 6.45) is -0.104. The molecule has 0 aromatic carbocycles. The Morgan fingerprint density at radius 1 is 1.11 bits per heavy atom. The first-order chi connectivity index (χ1) is 4.16. The molecule has 1 unspecified atom stereocenters. The Hall–Kier alpha value is -0.440. The molecule has 0 aliphatic rings.